The highest BCUT2D eigenvalue weighted by atomic mass is 16.5. The standard InChI is InChI=1S/C36H41N5O6/c1-22(2)35(36(42)43)32-19-34(39-47-32)44-15-14-41-12-9-25(10-13-41)45-26-17-27(18-26)46-33-7-5-24(20-38-33)23-4-6-28-29-21-37-11-8-30(29)40(3)31(28)16-23/h4-8,11,16,19-22,25-27,35H,9-10,12-15,17-18H2,1-3H3,(H,42,43)/t26-,27-,35?. The van der Waals surface area contributed by atoms with Crippen molar-refractivity contribution in [3.63, 3.8) is 0 Å². The first-order valence-electron chi connectivity index (χ1n) is 16.5. The number of rotatable bonds is 12. The van der Waals surface area contributed by atoms with Gasteiger partial charge in [0.1, 0.15) is 18.6 Å². The molecule has 1 atom stereocenters. The molecule has 5 heterocycles. The molecule has 47 heavy (non-hydrogen) atoms. The van der Waals surface area contributed by atoms with E-state index in [4.69, 9.17) is 18.7 Å². The fourth-order valence-corrected chi connectivity index (χ4v) is 6.79. The zero-order valence-corrected chi connectivity index (χ0v) is 27.0. The Morgan fingerprint density at radius 3 is 2.51 bits per heavy atom. The molecule has 0 bridgehead atoms. The van der Waals surface area contributed by atoms with Crippen molar-refractivity contribution >= 4 is 27.8 Å². The number of aliphatic carboxylic acids is 1. The molecule has 1 unspecified atom stereocenters. The van der Waals surface area contributed by atoms with E-state index in [2.05, 4.69) is 55.9 Å². The summed E-state index contributed by atoms with van der Waals surface area (Å²) in [5, 5.41) is 15.7. The number of fused-ring (bicyclic) bond motifs is 3. The van der Waals surface area contributed by atoms with Crippen LogP contribution >= 0.6 is 0 Å². The first kappa shape index (κ1) is 31.1. The van der Waals surface area contributed by atoms with Gasteiger partial charge in [-0.25, -0.2) is 4.98 Å². The number of carbonyl (C=O) groups is 1. The molecule has 4 aromatic heterocycles. The summed E-state index contributed by atoms with van der Waals surface area (Å²) in [6.07, 6.45) is 9.97. The van der Waals surface area contributed by atoms with Gasteiger partial charge in [0, 0.05) is 92.1 Å². The second kappa shape index (κ2) is 13.3. The van der Waals surface area contributed by atoms with E-state index < -0.39 is 11.9 Å². The third-order valence-corrected chi connectivity index (χ3v) is 9.54. The summed E-state index contributed by atoms with van der Waals surface area (Å²) in [7, 11) is 2.09. The zero-order valence-electron chi connectivity index (χ0n) is 27.0. The van der Waals surface area contributed by atoms with Crippen LogP contribution in [0.15, 0.2) is 65.6 Å². The minimum absolute atomic E-state index is 0.104. The number of nitrogens with zero attached hydrogens (tertiary/aromatic N) is 5. The second-order valence-electron chi connectivity index (χ2n) is 13.1. The lowest BCUT2D eigenvalue weighted by Gasteiger charge is -2.39. The van der Waals surface area contributed by atoms with Gasteiger partial charge in [0.2, 0.25) is 5.88 Å². The predicted octanol–water partition coefficient (Wildman–Crippen LogP) is 6.07. The molecule has 7 rings (SSSR count). The van der Waals surface area contributed by atoms with Crippen LogP contribution in [0.4, 0.5) is 0 Å². The SMILES string of the molecule is CC(C)C(C(=O)O)c1cc(OCCN2CCC(O[C@H]3C[C@H](Oc4ccc(-c5ccc6c7cnccc7n(C)c6c5)cn4)C3)CC2)no1. The molecular formula is C36H41N5O6. The number of piperidine rings is 1. The summed E-state index contributed by atoms with van der Waals surface area (Å²) >= 11 is 0. The molecule has 0 amide bonds. The highest BCUT2D eigenvalue weighted by molar-refractivity contribution is 6.08. The van der Waals surface area contributed by atoms with Gasteiger partial charge in [-0.2, -0.15) is 0 Å². The molecule has 0 radical (unpaired) electrons. The minimum Gasteiger partial charge on any atom is -0.481 e. The summed E-state index contributed by atoms with van der Waals surface area (Å²) in [4.78, 5) is 22.8. The van der Waals surface area contributed by atoms with Gasteiger partial charge in [-0.1, -0.05) is 26.0 Å². The van der Waals surface area contributed by atoms with Gasteiger partial charge in [-0.15, -0.1) is 0 Å². The second-order valence-corrected chi connectivity index (χ2v) is 13.1. The Kier molecular flexibility index (Phi) is 8.83. The van der Waals surface area contributed by atoms with Crippen molar-refractivity contribution < 1.29 is 28.6 Å². The smallest absolute Gasteiger partial charge is 0.314 e. The Morgan fingerprint density at radius 2 is 1.77 bits per heavy atom. The van der Waals surface area contributed by atoms with Crippen molar-refractivity contribution in [3.8, 4) is 22.9 Å². The minimum atomic E-state index is -0.926. The summed E-state index contributed by atoms with van der Waals surface area (Å²) < 4.78 is 25.7. The number of carboxylic acid groups (broad SMARTS) is 1. The number of likely N-dealkylation sites (tertiary alicyclic amines) is 1. The number of benzene rings is 1. The predicted molar refractivity (Wildman–Crippen MR) is 177 cm³/mol. The number of carboxylic acids is 1. The average Bonchev–Trinajstić information content (AvgIpc) is 3.62. The number of hydrogen-bond acceptors (Lipinski definition) is 9. The highest BCUT2D eigenvalue weighted by Crippen LogP contribution is 2.33. The van der Waals surface area contributed by atoms with E-state index >= 15 is 0 Å². The highest BCUT2D eigenvalue weighted by Gasteiger charge is 2.35. The van der Waals surface area contributed by atoms with E-state index in [-0.39, 0.29) is 24.2 Å². The summed E-state index contributed by atoms with van der Waals surface area (Å²) in [6, 6.07) is 14.2. The molecule has 1 saturated heterocycles. The molecule has 11 nitrogen and oxygen atoms in total. The molecule has 0 spiro atoms. The van der Waals surface area contributed by atoms with Crippen molar-refractivity contribution in [2.45, 2.75) is 63.8 Å². The third kappa shape index (κ3) is 6.68. The Hall–Kier alpha value is -4.48. The van der Waals surface area contributed by atoms with E-state index in [1.54, 1.807) is 6.07 Å². The van der Waals surface area contributed by atoms with Crippen molar-refractivity contribution in [1.82, 2.24) is 24.6 Å². The van der Waals surface area contributed by atoms with Crippen molar-refractivity contribution in [3.05, 3.63) is 66.8 Å². The Morgan fingerprint density at radius 1 is 0.957 bits per heavy atom. The topological polar surface area (TPSA) is 125 Å². The van der Waals surface area contributed by atoms with Gasteiger partial charge >= 0.3 is 5.97 Å². The molecule has 1 aliphatic heterocycles. The molecule has 11 heteroatoms. The lowest BCUT2D eigenvalue weighted by molar-refractivity contribution is -0.140. The van der Waals surface area contributed by atoms with E-state index in [9.17, 15) is 9.90 Å². The van der Waals surface area contributed by atoms with Gasteiger partial charge in [0.25, 0.3) is 5.88 Å². The maximum Gasteiger partial charge on any atom is 0.314 e. The van der Waals surface area contributed by atoms with Crippen molar-refractivity contribution in [2.24, 2.45) is 13.0 Å². The number of aryl methyl sites for hydroxylation is 1. The zero-order chi connectivity index (χ0) is 32.5. The quantitative estimate of drug-likeness (QED) is 0.172. The maximum absolute atomic E-state index is 11.5. The molecule has 5 aromatic rings. The van der Waals surface area contributed by atoms with Gasteiger partial charge in [0.05, 0.1) is 17.7 Å². The van der Waals surface area contributed by atoms with E-state index in [1.165, 1.54) is 16.4 Å². The lowest BCUT2D eigenvalue weighted by Crippen LogP contribution is -2.45. The Labute approximate surface area is 273 Å². The molecular weight excluding hydrogens is 598 g/mol. The molecule has 2 fully saturated rings. The molecule has 2 aliphatic rings. The van der Waals surface area contributed by atoms with Crippen LogP contribution in [0.1, 0.15) is 51.2 Å². The lowest BCUT2D eigenvalue weighted by atomic mass is 9.91. The largest absolute Gasteiger partial charge is 0.481 e. The fourth-order valence-electron chi connectivity index (χ4n) is 6.79. The van der Waals surface area contributed by atoms with Gasteiger partial charge in [-0.05, 0) is 47.7 Å². The Bertz CT molecular complexity index is 1840. The molecule has 1 aliphatic carbocycles. The molecule has 1 saturated carbocycles. The summed E-state index contributed by atoms with van der Waals surface area (Å²) in [6.45, 7) is 6.81. The van der Waals surface area contributed by atoms with Crippen LogP contribution < -0.4 is 9.47 Å². The molecule has 1 N–H and O–H groups in total. The van der Waals surface area contributed by atoms with E-state index in [0.717, 1.165) is 61.8 Å². The summed E-state index contributed by atoms with van der Waals surface area (Å²) in [5.41, 5.74) is 4.51. The van der Waals surface area contributed by atoms with Gasteiger partial charge in [0.15, 0.2) is 5.76 Å². The first-order valence-corrected chi connectivity index (χ1v) is 16.5. The molecule has 246 valence electrons. The number of aromatic nitrogens is 4. The van der Waals surface area contributed by atoms with Crippen LogP contribution in [-0.2, 0) is 16.6 Å². The van der Waals surface area contributed by atoms with Crippen molar-refractivity contribution in [1.29, 1.82) is 0 Å². The van der Waals surface area contributed by atoms with Crippen LogP contribution in [0.25, 0.3) is 32.9 Å². The monoisotopic (exact) mass is 639 g/mol. The molecule has 1 aromatic carbocycles. The van der Waals surface area contributed by atoms with E-state index in [1.807, 2.05) is 44.6 Å². The van der Waals surface area contributed by atoms with Crippen LogP contribution in [-0.4, -0.2) is 80.2 Å². The summed E-state index contributed by atoms with van der Waals surface area (Å²) in [5.74, 6) is -0.468. The fraction of sp³-hybridized carbons (Fsp3) is 0.444. The first-order chi connectivity index (χ1) is 22.8. The normalized spacial score (nSPS) is 19.7. The number of ether oxygens (including phenoxy) is 3. The van der Waals surface area contributed by atoms with Crippen LogP contribution in [0.5, 0.6) is 11.8 Å². The van der Waals surface area contributed by atoms with Crippen LogP contribution in [0.2, 0.25) is 0 Å². The van der Waals surface area contributed by atoms with Crippen molar-refractivity contribution in [2.75, 3.05) is 26.2 Å². The third-order valence-electron chi connectivity index (χ3n) is 9.54. The van der Waals surface area contributed by atoms with Gasteiger partial charge < -0.3 is 28.4 Å². The Balaban J connectivity index is 0.819. The maximum atomic E-state index is 11.5. The van der Waals surface area contributed by atoms with Gasteiger partial charge in [-0.3, -0.25) is 14.7 Å². The van der Waals surface area contributed by atoms with E-state index in [0.29, 0.717) is 24.1 Å². The van der Waals surface area contributed by atoms with Crippen LogP contribution in [0.3, 0.4) is 0 Å². The van der Waals surface area contributed by atoms with Crippen LogP contribution in [0, 0.1) is 5.92 Å². The number of pyridine rings is 2. The number of hydrogen-bond donors (Lipinski definition) is 1. The average molecular weight is 640 g/mol.